The average Bonchev–Trinajstić information content (AvgIpc) is 2.92. The Balaban J connectivity index is 0.000001000. The van der Waals surface area contributed by atoms with E-state index in [9.17, 15) is 9.59 Å². The SMILES string of the molecule is Cl.Cl.N#Cc1ccc(-c2nc(=O)c3cnc(=O)c2=3)cc1. The lowest BCUT2D eigenvalue weighted by molar-refractivity contribution is 1.23. The average molecular weight is 308 g/mol. The number of hydrogen-bond acceptors (Lipinski definition) is 5. The molecule has 0 atom stereocenters. The molecule has 0 unspecified atom stereocenters. The Morgan fingerprint density at radius 2 is 1.65 bits per heavy atom. The summed E-state index contributed by atoms with van der Waals surface area (Å²) in [5.41, 5.74) is 0.581. The Labute approximate surface area is 125 Å². The van der Waals surface area contributed by atoms with Crippen molar-refractivity contribution in [1.29, 1.82) is 5.26 Å². The second-order valence-electron chi connectivity index (χ2n) is 3.81. The highest BCUT2D eigenvalue weighted by Gasteiger charge is 2.13. The molecule has 0 aromatic heterocycles. The molecule has 0 fully saturated rings. The standard InChI is InChI=1S/C13H5N3O2.2ClH/c14-5-7-1-3-8(4-2-7)11-10-9(12(17)16-11)6-15-13(10)18;;/h1-4,6H;2*1H. The summed E-state index contributed by atoms with van der Waals surface area (Å²) in [6, 6.07) is 8.54. The monoisotopic (exact) mass is 307 g/mol. The molecule has 0 aliphatic carbocycles. The number of benzene rings is 1. The van der Waals surface area contributed by atoms with Crippen LogP contribution in [0.3, 0.4) is 0 Å². The first-order valence-corrected chi connectivity index (χ1v) is 5.17. The Morgan fingerprint density at radius 3 is 2.25 bits per heavy atom. The van der Waals surface area contributed by atoms with E-state index in [0.29, 0.717) is 16.8 Å². The van der Waals surface area contributed by atoms with Crippen LogP contribution in [0, 0.1) is 21.8 Å². The van der Waals surface area contributed by atoms with Crippen molar-refractivity contribution in [2.24, 2.45) is 0 Å². The van der Waals surface area contributed by atoms with Crippen molar-refractivity contribution in [3.05, 3.63) is 67.2 Å². The fourth-order valence-corrected chi connectivity index (χ4v) is 1.89. The molecule has 0 amide bonds. The summed E-state index contributed by atoms with van der Waals surface area (Å²) in [5, 5.41) is 9.21. The topological polar surface area (TPSA) is 83.7 Å². The van der Waals surface area contributed by atoms with Crippen LogP contribution >= 0.6 is 24.8 Å². The van der Waals surface area contributed by atoms with Crippen molar-refractivity contribution in [2.75, 3.05) is 0 Å². The Kier molecular flexibility index (Phi) is 4.56. The fourth-order valence-electron chi connectivity index (χ4n) is 1.89. The van der Waals surface area contributed by atoms with Gasteiger partial charge in [-0.25, -0.2) is 9.97 Å². The highest BCUT2D eigenvalue weighted by molar-refractivity contribution is 5.85. The van der Waals surface area contributed by atoms with Gasteiger partial charge in [-0.2, -0.15) is 5.26 Å². The van der Waals surface area contributed by atoms with Crippen LogP contribution in [0.25, 0.3) is 11.3 Å². The van der Waals surface area contributed by atoms with Crippen LogP contribution in [-0.2, 0) is 0 Å². The summed E-state index contributed by atoms with van der Waals surface area (Å²) >= 11 is 0. The first kappa shape index (κ1) is 15.8. The van der Waals surface area contributed by atoms with Crippen LogP contribution in [0.2, 0.25) is 0 Å². The lowest BCUT2D eigenvalue weighted by atomic mass is 10.1. The number of hydrogen-bond donors (Lipinski definition) is 0. The van der Waals surface area contributed by atoms with E-state index in [4.69, 9.17) is 5.26 Å². The molecule has 2 aliphatic rings. The lowest BCUT2D eigenvalue weighted by Gasteiger charge is -1.95. The van der Waals surface area contributed by atoms with Crippen LogP contribution in [0.5, 0.6) is 0 Å². The Morgan fingerprint density at radius 1 is 1.00 bits per heavy atom. The highest BCUT2D eigenvalue weighted by Crippen LogP contribution is 2.17. The molecule has 20 heavy (non-hydrogen) atoms. The summed E-state index contributed by atoms with van der Waals surface area (Å²) in [4.78, 5) is 30.6. The van der Waals surface area contributed by atoms with Crippen LogP contribution in [-0.4, -0.2) is 9.97 Å². The molecular formula is C13H7Cl2N3O2. The third-order valence-corrected chi connectivity index (χ3v) is 2.76. The minimum absolute atomic E-state index is 0. The number of rotatable bonds is 1. The number of nitrogens with zero attached hydrogens (tertiary/aromatic N) is 3. The van der Waals surface area contributed by atoms with Crippen LogP contribution in [0.1, 0.15) is 5.56 Å². The zero-order valence-electron chi connectivity index (χ0n) is 9.86. The van der Waals surface area contributed by atoms with Gasteiger partial charge in [0.25, 0.3) is 11.1 Å². The molecule has 1 aromatic carbocycles. The van der Waals surface area contributed by atoms with Crippen molar-refractivity contribution < 1.29 is 0 Å². The number of halogens is 2. The van der Waals surface area contributed by atoms with Gasteiger partial charge in [-0.05, 0) is 12.1 Å². The van der Waals surface area contributed by atoms with Gasteiger partial charge in [0, 0.05) is 11.8 Å². The minimum Gasteiger partial charge on any atom is -0.267 e. The van der Waals surface area contributed by atoms with Crippen molar-refractivity contribution >= 4 is 24.8 Å². The molecule has 0 bridgehead atoms. The van der Waals surface area contributed by atoms with Crippen molar-refractivity contribution in [3.8, 4) is 17.3 Å². The van der Waals surface area contributed by atoms with Gasteiger partial charge >= 0.3 is 0 Å². The molecule has 0 saturated heterocycles. The van der Waals surface area contributed by atoms with E-state index < -0.39 is 11.1 Å². The zero-order chi connectivity index (χ0) is 12.7. The van der Waals surface area contributed by atoms with Crippen LogP contribution in [0.4, 0.5) is 0 Å². The van der Waals surface area contributed by atoms with Crippen molar-refractivity contribution in [1.82, 2.24) is 9.97 Å². The number of aromatic nitrogens is 2. The predicted octanol–water partition coefficient (Wildman–Crippen LogP) is 1.18. The highest BCUT2D eigenvalue weighted by atomic mass is 35.5. The van der Waals surface area contributed by atoms with E-state index in [-0.39, 0.29) is 35.3 Å². The Bertz CT molecular complexity index is 920. The van der Waals surface area contributed by atoms with Crippen LogP contribution in [0.15, 0.2) is 40.1 Å². The maximum Gasteiger partial charge on any atom is 0.280 e. The molecule has 0 N–H and O–H groups in total. The molecule has 0 radical (unpaired) electrons. The second kappa shape index (κ2) is 5.78. The number of nitriles is 1. The van der Waals surface area contributed by atoms with E-state index >= 15 is 0 Å². The predicted molar refractivity (Wildman–Crippen MR) is 76.9 cm³/mol. The zero-order valence-corrected chi connectivity index (χ0v) is 11.5. The van der Waals surface area contributed by atoms with Gasteiger partial charge in [-0.3, -0.25) is 9.59 Å². The van der Waals surface area contributed by atoms with Gasteiger partial charge in [-0.1, -0.05) is 12.1 Å². The molecule has 0 saturated carbocycles. The third-order valence-electron chi connectivity index (χ3n) is 2.76. The Hall–Kier alpha value is -2.29. The van der Waals surface area contributed by atoms with Crippen molar-refractivity contribution in [3.63, 3.8) is 0 Å². The molecule has 3 rings (SSSR count). The summed E-state index contributed by atoms with van der Waals surface area (Å²) in [5.74, 6) is 0. The quantitative estimate of drug-likeness (QED) is 0.674. The maximum atomic E-state index is 11.6. The van der Waals surface area contributed by atoms with Crippen molar-refractivity contribution in [2.45, 2.75) is 0 Å². The summed E-state index contributed by atoms with van der Waals surface area (Å²) < 4.78 is 0. The summed E-state index contributed by atoms with van der Waals surface area (Å²) in [6.07, 6.45) is 1.25. The van der Waals surface area contributed by atoms with E-state index in [1.54, 1.807) is 24.3 Å². The molecular weight excluding hydrogens is 301 g/mol. The largest absolute Gasteiger partial charge is 0.280 e. The second-order valence-corrected chi connectivity index (χ2v) is 3.81. The minimum atomic E-state index is -0.445. The first-order chi connectivity index (χ1) is 8.70. The molecule has 2 heterocycles. The van der Waals surface area contributed by atoms with E-state index in [1.165, 1.54) is 6.20 Å². The van der Waals surface area contributed by atoms with E-state index in [1.807, 2.05) is 6.07 Å². The fraction of sp³-hybridized carbons (Fsp3) is 0. The van der Waals surface area contributed by atoms with Gasteiger partial charge < -0.3 is 0 Å². The van der Waals surface area contributed by atoms with E-state index in [2.05, 4.69) is 9.97 Å². The molecule has 100 valence electrons. The lowest BCUT2D eigenvalue weighted by Crippen LogP contribution is -2.01. The smallest absolute Gasteiger partial charge is 0.267 e. The molecule has 0 spiro atoms. The molecule has 7 heteroatoms. The van der Waals surface area contributed by atoms with Gasteiger partial charge in [0.15, 0.2) is 0 Å². The van der Waals surface area contributed by atoms with Gasteiger partial charge in [0.05, 0.1) is 27.8 Å². The normalized spacial score (nSPS) is 9.55. The molecule has 1 aromatic rings. The first-order valence-electron chi connectivity index (χ1n) is 5.17. The summed E-state index contributed by atoms with van der Waals surface area (Å²) in [7, 11) is 0. The van der Waals surface area contributed by atoms with Gasteiger partial charge in [0.2, 0.25) is 0 Å². The third kappa shape index (κ3) is 2.27. The summed E-state index contributed by atoms with van der Waals surface area (Å²) in [6.45, 7) is 0. The van der Waals surface area contributed by atoms with Crippen LogP contribution < -0.4 is 11.1 Å². The maximum absolute atomic E-state index is 11.6. The molecule has 2 aliphatic heterocycles. The van der Waals surface area contributed by atoms with Gasteiger partial charge in [-0.15, -0.1) is 24.8 Å². The van der Waals surface area contributed by atoms with Gasteiger partial charge in [0.1, 0.15) is 0 Å². The van der Waals surface area contributed by atoms with E-state index in [0.717, 1.165) is 0 Å². The molecule has 5 nitrogen and oxygen atoms in total.